The second kappa shape index (κ2) is 14.3. The lowest BCUT2D eigenvalue weighted by atomic mass is 10.0. The number of unbranched alkanes of at least 4 members (excludes halogenated alkanes) is 1. The summed E-state index contributed by atoms with van der Waals surface area (Å²) < 4.78 is 0. The molecule has 0 aliphatic carbocycles. The minimum Gasteiger partial charge on any atom is -0.481 e. The predicted molar refractivity (Wildman–Crippen MR) is 107 cm³/mol. The highest BCUT2D eigenvalue weighted by Crippen LogP contribution is 2.04. The second-order valence-corrected chi connectivity index (χ2v) is 7.36. The number of carbonyl (C=O) groups is 5. The van der Waals surface area contributed by atoms with Crippen LogP contribution in [0.2, 0.25) is 0 Å². The zero-order valence-electron chi connectivity index (χ0n) is 17.3. The molecule has 0 saturated heterocycles. The summed E-state index contributed by atoms with van der Waals surface area (Å²) in [6.07, 6.45) is 0.830. The molecule has 3 amide bonds. The Morgan fingerprint density at radius 2 is 1.57 bits per heavy atom. The minimum absolute atomic E-state index is 0.162. The molecule has 0 radical (unpaired) electrons. The van der Waals surface area contributed by atoms with Crippen molar-refractivity contribution in [2.75, 3.05) is 13.1 Å². The van der Waals surface area contributed by atoms with Crippen LogP contribution in [0, 0.1) is 5.92 Å². The summed E-state index contributed by atoms with van der Waals surface area (Å²) in [5.41, 5.74) is 11.2. The van der Waals surface area contributed by atoms with Crippen LogP contribution < -0.4 is 27.4 Å². The van der Waals surface area contributed by atoms with E-state index in [1.807, 2.05) is 13.8 Å². The number of hydrogen-bond donors (Lipinski definition) is 7. The molecule has 0 fully saturated rings. The van der Waals surface area contributed by atoms with Crippen molar-refractivity contribution in [3.05, 3.63) is 0 Å². The van der Waals surface area contributed by atoms with E-state index in [2.05, 4.69) is 16.0 Å². The maximum Gasteiger partial charge on any atom is 0.326 e. The van der Waals surface area contributed by atoms with E-state index in [1.54, 1.807) is 0 Å². The Balaban J connectivity index is 4.92. The van der Waals surface area contributed by atoms with Crippen LogP contribution in [0.4, 0.5) is 0 Å². The van der Waals surface area contributed by atoms with E-state index in [0.29, 0.717) is 25.8 Å². The van der Waals surface area contributed by atoms with Gasteiger partial charge < -0.3 is 37.6 Å². The summed E-state index contributed by atoms with van der Waals surface area (Å²) >= 11 is 0. The Hall–Kier alpha value is -2.73. The van der Waals surface area contributed by atoms with E-state index < -0.39 is 60.8 Å². The van der Waals surface area contributed by atoms with Crippen LogP contribution in [0.3, 0.4) is 0 Å². The van der Waals surface area contributed by atoms with Crippen LogP contribution in [0.5, 0.6) is 0 Å². The molecule has 0 saturated carbocycles. The van der Waals surface area contributed by atoms with Crippen LogP contribution >= 0.6 is 0 Å². The van der Waals surface area contributed by atoms with Gasteiger partial charge in [0.15, 0.2) is 0 Å². The quantitative estimate of drug-likeness (QED) is 0.144. The lowest BCUT2D eigenvalue weighted by molar-refractivity contribution is -0.147. The van der Waals surface area contributed by atoms with Gasteiger partial charge in [0.05, 0.1) is 19.0 Å². The number of carboxylic acid groups (broad SMARTS) is 2. The first-order valence-corrected chi connectivity index (χ1v) is 9.75. The third-order valence-corrected chi connectivity index (χ3v) is 4.08. The van der Waals surface area contributed by atoms with Gasteiger partial charge in [0.25, 0.3) is 0 Å². The van der Waals surface area contributed by atoms with Gasteiger partial charge in [-0.1, -0.05) is 13.8 Å². The third kappa shape index (κ3) is 12.0. The molecule has 0 spiro atoms. The van der Waals surface area contributed by atoms with E-state index in [4.69, 9.17) is 21.7 Å². The zero-order chi connectivity index (χ0) is 23.3. The molecule has 9 N–H and O–H groups in total. The predicted octanol–water partition coefficient (Wildman–Crippen LogP) is -1.87. The van der Waals surface area contributed by atoms with Crippen molar-refractivity contribution in [2.45, 2.75) is 64.1 Å². The van der Waals surface area contributed by atoms with Crippen molar-refractivity contribution in [1.82, 2.24) is 16.0 Å². The maximum absolute atomic E-state index is 12.4. The molecule has 0 bridgehead atoms. The molecule has 12 nitrogen and oxygen atoms in total. The fourth-order valence-corrected chi connectivity index (χ4v) is 2.57. The number of amides is 3. The first-order chi connectivity index (χ1) is 14.0. The standard InChI is InChI=1S/C18H33N5O7/c1-10(2)7-11(20)16(27)21-9-14(24)22-12(5-3-4-6-19)17(28)23-13(18(29)30)8-15(25)26/h10-13H,3-9,19-20H2,1-2H3,(H,21,27)(H,22,24)(H,23,28)(H,25,26)(H,29,30). The van der Waals surface area contributed by atoms with E-state index in [1.165, 1.54) is 0 Å². The van der Waals surface area contributed by atoms with Crippen molar-refractivity contribution < 1.29 is 34.2 Å². The minimum atomic E-state index is -1.64. The Morgan fingerprint density at radius 1 is 0.933 bits per heavy atom. The molecule has 12 heteroatoms. The van der Waals surface area contributed by atoms with Crippen molar-refractivity contribution >= 4 is 29.7 Å². The average molecular weight is 431 g/mol. The van der Waals surface area contributed by atoms with Gasteiger partial charge in [-0.15, -0.1) is 0 Å². The molecule has 0 rings (SSSR count). The van der Waals surface area contributed by atoms with Crippen molar-refractivity contribution in [2.24, 2.45) is 17.4 Å². The number of hydrogen-bond acceptors (Lipinski definition) is 7. The Morgan fingerprint density at radius 3 is 2.07 bits per heavy atom. The number of nitrogens with one attached hydrogen (secondary N) is 3. The molecule has 0 aromatic carbocycles. The van der Waals surface area contributed by atoms with Crippen LogP contribution in [0.25, 0.3) is 0 Å². The first kappa shape index (κ1) is 27.3. The van der Waals surface area contributed by atoms with E-state index in [9.17, 15) is 24.0 Å². The fourth-order valence-electron chi connectivity index (χ4n) is 2.57. The molecule has 0 aromatic heterocycles. The molecule has 3 atom stereocenters. The van der Waals surface area contributed by atoms with Crippen LogP contribution in [0.15, 0.2) is 0 Å². The highest BCUT2D eigenvalue weighted by Gasteiger charge is 2.28. The highest BCUT2D eigenvalue weighted by molar-refractivity contribution is 5.93. The summed E-state index contributed by atoms with van der Waals surface area (Å²) in [6, 6.07) is -3.52. The zero-order valence-corrected chi connectivity index (χ0v) is 17.3. The van der Waals surface area contributed by atoms with Gasteiger partial charge in [0.2, 0.25) is 17.7 Å². The molecule has 3 unspecified atom stereocenters. The molecule has 0 heterocycles. The van der Waals surface area contributed by atoms with Crippen LogP contribution in [0.1, 0.15) is 46.0 Å². The van der Waals surface area contributed by atoms with E-state index in [0.717, 1.165) is 0 Å². The number of aliphatic carboxylic acids is 2. The smallest absolute Gasteiger partial charge is 0.326 e. The van der Waals surface area contributed by atoms with Gasteiger partial charge >= 0.3 is 11.9 Å². The Kier molecular flexibility index (Phi) is 13.0. The molecule has 172 valence electrons. The lowest BCUT2D eigenvalue weighted by Crippen LogP contribution is -2.54. The molecular formula is C18H33N5O7. The molecule has 0 aliphatic rings. The molecule has 30 heavy (non-hydrogen) atoms. The number of carbonyl (C=O) groups excluding carboxylic acids is 3. The van der Waals surface area contributed by atoms with Gasteiger partial charge in [0, 0.05) is 0 Å². The van der Waals surface area contributed by atoms with Gasteiger partial charge in [-0.25, -0.2) is 4.79 Å². The largest absolute Gasteiger partial charge is 0.481 e. The van der Waals surface area contributed by atoms with Gasteiger partial charge in [-0.05, 0) is 38.1 Å². The number of rotatable bonds is 15. The SMILES string of the molecule is CC(C)CC(N)C(=O)NCC(=O)NC(CCCCN)C(=O)NC(CC(=O)O)C(=O)O. The summed E-state index contributed by atoms with van der Waals surface area (Å²) in [5.74, 6) is -4.72. The second-order valence-electron chi connectivity index (χ2n) is 7.36. The summed E-state index contributed by atoms with van der Waals surface area (Å²) in [6.45, 7) is 3.75. The maximum atomic E-state index is 12.4. The number of nitrogens with two attached hydrogens (primary N) is 2. The lowest BCUT2D eigenvalue weighted by Gasteiger charge is -2.21. The molecular weight excluding hydrogens is 398 g/mol. The Bertz CT molecular complexity index is 612. The van der Waals surface area contributed by atoms with Crippen molar-refractivity contribution in [3.63, 3.8) is 0 Å². The highest BCUT2D eigenvalue weighted by atomic mass is 16.4. The summed E-state index contributed by atoms with van der Waals surface area (Å²) in [7, 11) is 0. The van der Waals surface area contributed by atoms with Gasteiger partial charge in [-0.2, -0.15) is 0 Å². The van der Waals surface area contributed by atoms with Crippen molar-refractivity contribution in [3.8, 4) is 0 Å². The van der Waals surface area contributed by atoms with E-state index in [-0.39, 0.29) is 12.3 Å². The van der Waals surface area contributed by atoms with Crippen LogP contribution in [-0.4, -0.2) is 71.1 Å². The topological polar surface area (TPSA) is 214 Å². The monoisotopic (exact) mass is 431 g/mol. The van der Waals surface area contributed by atoms with Crippen molar-refractivity contribution in [1.29, 1.82) is 0 Å². The first-order valence-electron chi connectivity index (χ1n) is 9.75. The van der Waals surface area contributed by atoms with Gasteiger partial charge in [-0.3, -0.25) is 19.2 Å². The number of carboxylic acids is 2. The van der Waals surface area contributed by atoms with Gasteiger partial charge in [0.1, 0.15) is 12.1 Å². The summed E-state index contributed by atoms with van der Waals surface area (Å²) in [5, 5.41) is 24.8. The van der Waals surface area contributed by atoms with Crippen LogP contribution in [-0.2, 0) is 24.0 Å². The normalized spacial score (nSPS) is 13.8. The Labute approximate surface area is 175 Å². The molecule has 0 aliphatic heterocycles. The third-order valence-electron chi connectivity index (χ3n) is 4.08. The summed E-state index contributed by atoms with van der Waals surface area (Å²) in [4.78, 5) is 58.4. The fraction of sp³-hybridized carbons (Fsp3) is 0.722. The average Bonchev–Trinajstić information content (AvgIpc) is 2.63. The molecule has 0 aromatic rings. The van der Waals surface area contributed by atoms with E-state index >= 15 is 0 Å².